The van der Waals surface area contributed by atoms with E-state index in [2.05, 4.69) is 22.2 Å². The Hall–Kier alpha value is -0.920. The molecule has 0 radical (unpaired) electrons. The van der Waals surface area contributed by atoms with Crippen molar-refractivity contribution in [2.75, 3.05) is 19.3 Å². The number of H-pyrrole nitrogens is 1. The number of aromatic amines is 1. The Bertz CT molecular complexity index is 486. The second-order valence-electron chi connectivity index (χ2n) is 5.14. The molecule has 2 N–H and O–H groups in total. The first-order valence-corrected chi connectivity index (χ1v) is 8.51. The predicted octanol–water partition coefficient (Wildman–Crippen LogP) is 0.559. The summed E-state index contributed by atoms with van der Waals surface area (Å²) >= 11 is 0. The molecule has 0 unspecified atom stereocenters. The van der Waals surface area contributed by atoms with Crippen LogP contribution in [0.15, 0.2) is 12.5 Å². The monoisotopic (exact) mass is 286 g/mol. The molecule has 0 aromatic carbocycles. The van der Waals surface area contributed by atoms with Crippen LogP contribution < -0.4 is 5.32 Å². The lowest BCUT2D eigenvalue weighted by Crippen LogP contribution is -2.50. The van der Waals surface area contributed by atoms with Crippen LogP contribution in [0.4, 0.5) is 0 Å². The van der Waals surface area contributed by atoms with Crippen molar-refractivity contribution in [3.8, 4) is 0 Å². The standard InChI is InChI=1S/C12H22N4O2S/c1-3-10-8-16(19(2,17)18)5-4-12(10)14-7-11-6-13-9-15-11/h6,9-10,12,14H,3-5,7-8H2,1-2H3,(H,13,15)/t10-,12-/m0/s1. The summed E-state index contributed by atoms with van der Waals surface area (Å²) in [7, 11) is -3.06. The minimum absolute atomic E-state index is 0.367. The summed E-state index contributed by atoms with van der Waals surface area (Å²) in [6.45, 7) is 4.09. The predicted molar refractivity (Wildman–Crippen MR) is 74.0 cm³/mol. The van der Waals surface area contributed by atoms with Gasteiger partial charge >= 0.3 is 0 Å². The van der Waals surface area contributed by atoms with Crippen LogP contribution in [-0.4, -0.2) is 48.1 Å². The number of aromatic nitrogens is 2. The number of rotatable bonds is 5. The Kier molecular flexibility index (Phi) is 4.59. The highest BCUT2D eigenvalue weighted by atomic mass is 32.2. The van der Waals surface area contributed by atoms with E-state index in [0.717, 1.165) is 25.1 Å². The molecular weight excluding hydrogens is 264 g/mol. The molecule has 7 heteroatoms. The maximum absolute atomic E-state index is 11.6. The van der Waals surface area contributed by atoms with Crippen LogP contribution in [0.1, 0.15) is 25.5 Å². The van der Waals surface area contributed by atoms with Crippen LogP contribution in [-0.2, 0) is 16.6 Å². The first kappa shape index (κ1) is 14.5. The second-order valence-corrected chi connectivity index (χ2v) is 7.12. The number of hydrogen-bond donors (Lipinski definition) is 2. The van der Waals surface area contributed by atoms with Gasteiger partial charge in [0.2, 0.25) is 10.0 Å². The van der Waals surface area contributed by atoms with E-state index in [1.807, 2.05) is 0 Å². The lowest BCUT2D eigenvalue weighted by Gasteiger charge is -2.37. The highest BCUT2D eigenvalue weighted by molar-refractivity contribution is 7.88. The second kappa shape index (κ2) is 6.02. The fraction of sp³-hybridized carbons (Fsp3) is 0.750. The number of nitrogens with one attached hydrogen (secondary N) is 2. The zero-order valence-electron chi connectivity index (χ0n) is 11.5. The maximum atomic E-state index is 11.6. The van der Waals surface area contributed by atoms with Gasteiger partial charge in [-0.25, -0.2) is 17.7 Å². The lowest BCUT2D eigenvalue weighted by atomic mass is 9.91. The molecule has 1 saturated heterocycles. The molecule has 1 aromatic heterocycles. The van der Waals surface area contributed by atoms with Crippen molar-refractivity contribution in [3.63, 3.8) is 0 Å². The molecule has 0 saturated carbocycles. The molecule has 1 fully saturated rings. The van der Waals surface area contributed by atoms with Crippen molar-refractivity contribution in [2.24, 2.45) is 5.92 Å². The molecule has 6 nitrogen and oxygen atoms in total. The van der Waals surface area contributed by atoms with E-state index < -0.39 is 10.0 Å². The number of piperidine rings is 1. The van der Waals surface area contributed by atoms with Crippen molar-refractivity contribution >= 4 is 10.0 Å². The molecule has 2 heterocycles. The SMILES string of the molecule is CC[C@H]1CN(S(C)(=O)=O)CC[C@@H]1NCc1cnc[nH]1. The average molecular weight is 286 g/mol. The first-order valence-electron chi connectivity index (χ1n) is 6.66. The number of imidazole rings is 1. The minimum atomic E-state index is -3.06. The van der Waals surface area contributed by atoms with Crippen LogP contribution in [0, 0.1) is 5.92 Å². The van der Waals surface area contributed by atoms with Gasteiger partial charge in [0.15, 0.2) is 0 Å². The van der Waals surface area contributed by atoms with Gasteiger partial charge in [-0.05, 0) is 12.3 Å². The highest BCUT2D eigenvalue weighted by Gasteiger charge is 2.31. The quantitative estimate of drug-likeness (QED) is 0.829. The number of hydrogen-bond acceptors (Lipinski definition) is 4. The summed E-state index contributed by atoms with van der Waals surface area (Å²) < 4.78 is 24.8. The van der Waals surface area contributed by atoms with Gasteiger partial charge in [-0.15, -0.1) is 0 Å². The Morgan fingerprint density at radius 2 is 2.37 bits per heavy atom. The summed E-state index contributed by atoms with van der Waals surface area (Å²) in [5.41, 5.74) is 1.06. The summed E-state index contributed by atoms with van der Waals surface area (Å²) in [5.74, 6) is 0.367. The first-order chi connectivity index (χ1) is 9.00. The average Bonchev–Trinajstić information content (AvgIpc) is 2.88. The Labute approximate surface area is 114 Å². The van der Waals surface area contributed by atoms with Gasteiger partial charge in [-0.3, -0.25) is 0 Å². The van der Waals surface area contributed by atoms with Crippen molar-refractivity contribution in [2.45, 2.75) is 32.4 Å². The van der Waals surface area contributed by atoms with Gasteiger partial charge in [-0.1, -0.05) is 13.3 Å². The molecular formula is C12H22N4O2S. The minimum Gasteiger partial charge on any atom is -0.347 e. The van der Waals surface area contributed by atoms with E-state index in [1.165, 1.54) is 6.26 Å². The molecule has 1 aliphatic rings. The molecule has 2 atom stereocenters. The number of nitrogens with zero attached hydrogens (tertiary/aromatic N) is 2. The molecule has 0 bridgehead atoms. The van der Waals surface area contributed by atoms with Gasteiger partial charge in [-0.2, -0.15) is 0 Å². The summed E-state index contributed by atoms with van der Waals surface area (Å²) in [4.78, 5) is 7.05. The van der Waals surface area contributed by atoms with Gasteiger partial charge in [0, 0.05) is 37.6 Å². The fourth-order valence-corrected chi connectivity index (χ4v) is 3.50. The van der Waals surface area contributed by atoms with Crippen LogP contribution >= 0.6 is 0 Å². The third-order valence-corrected chi connectivity index (χ3v) is 5.07. The van der Waals surface area contributed by atoms with Crippen molar-refractivity contribution in [1.82, 2.24) is 19.6 Å². The molecule has 19 heavy (non-hydrogen) atoms. The van der Waals surface area contributed by atoms with Crippen LogP contribution in [0.5, 0.6) is 0 Å². The van der Waals surface area contributed by atoms with E-state index in [4.69, 9.17) is 0 Å². The molecule has 1 aromatic rings. The highest BCUT2D eigenvalue weighted by Crippen LogP contribution is 2.22. The van der Waals surface area contributed by atoms with Gasteiger partial charge in [0.1, 0.15) is 0 Å². The summed E-state index contributed by atoms with van der Waals surface area (Å²) in [5, 5.41) is 3.50. The topological polar surface area (TPSA) is 78.1 Å². The zero-order chi connectivity index (χ0) is 13.9. The summed E-state index contributed by atoms with van der Waals surface area (Å²) in [6, 6.07) is 0.367. The van der Waals surface area contributed by atoms with Gasteiger partial charge < -0.3 is 10.3 Å². The molecule has 1 aliphatic heterocycles. The third kappa shape index (κ3) is 3.77. The summed E-state index contributed by atoms with van der Waals surface area (Å²) in [6.07, 6.45) is 6.60. The van der Waals surface area contributed by atoms with Crippen LogP contribution in [0.2, 0.25) is 0 Å². The maximum Gasteiger partial charge on any atom is 0.211 e. The smallest absolute Gasteiger partial charge is 0.211 e. The normalized spacial score (nSPS) is 25.6. The molecule has 0 aliphatic carbocycles. The third-order valence-electron chi connectivity index (χ3n) is 3.80. The Morgan fingerprint density at radius 3 is 2.95 bits per heavy atom. The number of sulfonamides is 1. The van der Waals surface area contributed by atoms with Gasteiger partial charge in [0.25, 0.3) is 0 Å². The van der Waals surface area contributed by atoms with Crippen molar-refractivity contribution in [3.05, 3.63) is 18.2 Å². The molecule has 108 valence electrons. The van der Waals surface area contributed by atoms with E-state index in [1.54, 1.807) is 16.8 Å². The van der Waals surface area contributed by atoms with E-state index in [-0.39, 0.29) is 0 Å². The largest absolute Gasteiger partial charge is 0.347 e. The molecule has 0 amide bonds. The lowest BCUT2D eigenvalue weighted by molar-refractivity contribution is 0.201. The molecule has 0 spiro atoms. The van der Waals surface area contributed by atoms with Gasteiger partial charge in [0.05, 0.1) is 12.6 Å². The van der Waals surface area contributed by atoms with Crippen molar-refractivity contribution < 1.29 is 8.42 Å². The van der Waals surface area contributed by atoms with Crippen molar-refractivity contribution in [1.29, 1.82) is 0 Å². The zero-order valence-corrected chi connectivity index (χ0v) is 12.3. The van der Waals surface area contributed by atoms with E-state index in [0.29, 0.717) is 25.0 Å². The Morgan fingerprint density at radius 1 is 1.58 bits per heavy atom. The fourth-order valence-electron chi connectivity index (χ4n) is 2.60. The molecule has 2 rings (SSSR count). The van der Waals surface area contributed by atoms with Crippen LogP contribution in [0.25, 0.3) is 0 Å². The van der Waals surface area contributed by atoms with E-state index >= 15 is 0 Å². The Balaban J connectivity index is 1.92. The van der Waals surface area contributed by atoms with Crippen LogP contribution in [0.3, 0.4) is 0 Å². The van der Waals surface area contributed by atoms with E-state index in [9.17, 15) is 8.42 Å².